The SMILES string of the molecule is CCC1(C)CCSC(=NCc2cscn2)N1. The van der Waals surface area contributed by atoms with Gasteiger partial charge in [0.1, 0.15) is 0 Å². The highest BCUT2D eigenvalue weighted by atomic mass is 32.2. The summed E-state index contributed by atoms with van der Waals surface area (Å²) in [5, 5.41) is 6.66. The lowest BCUT2D eigenvalue weighted by atomic mass is 9.96. The van der Waals surface area contributed by atoms with Crippen molar-refractivity contribution >= 4 is 28.3 Å². The second-order valence-corrected chi connectivity index (χ2v) is 6.04. The number of aliphatic imine (C=N–C) groups is 1. The summed E-state index contributed by atoms with van der Waals surface area (Å²) in [4.78, 5) is 8.81. The van der Waals surface area contributed by atoms with Crippen LogP contribution in [0.4, 0.5) is 0 Å². The Kier molecular flexibility index (Phi) is 3.86. The largest absolute Gasteiger partial charge is 0.360 e. The second-order valence-electron chi connectivity index (χ2n) is 4.24. The van der Waals surface area contributed by atoms with Gasteiger partial charge in [-0.25, -0.2) is 4.98 Å². The minimum Gasteiger partial charge on any atom is -0.360 e. The van der Waals surface area contributed by atoms with E-state index >= 15 is 0 Å². The van der Waals surface area contributed by atoms with Gasteiger partial charge in [0.25, 0.3) is 0 Å². The van der Waals surface area contributed by atoms with Crippen molar-refractivity contribution in [1.82, 2.24) is 10.3 Å². The zero-order chi connectivity index (χ0) is 11.4. The Bertz CT molecular complexity index is 361. The summed E-state index contributed by atoms with van der Waals surface area (Å²) in [5.74, 6) is 1.16. The van der Waals surface area contributed by atoms with E-state index in [1.807, 2.05) is 17.3 Å². The number of hydrogen-bond acceptors (Lipinski definition) is 4. The van der Waals surface area contributed by atoms with Crippen molar-refractivity contribution in [3.05, 3.63) is 16.6 Å². The van der Waals surface area contributed by atoms with Crippen molar-refractivity contribution in [2.24, 2.45) is 4.99 Å². The van der Waals surface area contributed by atoms with Crippen LogP contribution in [0, 0.1) is 0 Å². The minimum absolute atomic E-state index is 0.228. The summed E-state index contributed by atoms with van der Waals surface area (Å²) in [5.41, 5.74) is 3.14. The molecule has 1 aromatic heterocycles. The van der Waals surface area contributed by atoms with Crippen LogP contribution >= 0.6 is 23.1 Å². The van der Waals surface area contributed by atoms with Gasteiger partial charge in [0.2, 0.25) is 0 Å². The third-order valence-electron chi connectivity index (χ3n) is 2.95. The first-order valence-electron chi connectivity index (χ1n) is 5.54. The van der Waals surface area contributed by atoms with Crippen molar-refractivity contribution in [2.75, 3.05) is 5.75 Å². The van der Waals surface area contributed by atoms with Crippen LogP contribution in [-0.2, 0) is 6.54 Å². The lowest BCUT2D eigenvalue weighted by molar-refractivity contribution is 0.390. The lowest BCUT2D eigenvalue weighted by Gasteiger charge is -2.35. The molecule has 3 nitrogen and oxygen atoms in total. The van der Waals surface area contributed by atoms with Crippen molar-refractivity contribution in [3.63, 3.8) is 0 Å². The molecule has 88 valence electrons. The molecular weight excluding hydrogens is 238 g/mol. The normalized spacial score (nSPS) is 28.0. The van der Waals surface area contributed by atoms with Gasteiger partial charge < -0.3 is 5.32 Å². The van der Waals surface area contributed by atoms with Gasteiger partial charge in [0.05, 0.1) is 17.7 Å². The molecular formula is C11H17N3S2. The van der Waals surface area contributed by atoms with Gasteiger partial charge in [-0.15, -0.1) is 11.3 Å². The van der Waals surface area contributed by atoms with Crippen LogP contribution in [0.15, 0.2) is 15.9 Å². The Morgan fingerprint density at radius 3 is 3.19 bits per heavy atom. The van der Waals surface area contributed by atoms with Crippen LogP contribution in [0.2, 0.25) is 0 Å². The number of nitrogens with zero attached hydrogens (tertiary/aromatic N) is 2. The number of nitrogens with one attached hydrogen (secondary N) is 1. The third kappa shape index (κ3) is 2.98. The topological polar surface area (TPSA) is 37.3 Å². The van der Waals surface area contributed by atoms with E-state index in [2.05, 4.69) is 34.5 Å². The number of hydrogen-bond donors (Lipinski definition) is 1. The first-order valence-corrected chi connectivity index (χ1v) is 7.47. The van der Waals surface area contributed by atoms with E-state index in [-0.39, 0.29) is 5.54 Å². The number of amidine groups is 1. The molecule has 0 aliphatic carbocycles. The summed E-state index contributed by atoms with van der Waals surface area (Å²) in [7, 11) is 0. The average molecular weight is 255 g/mol. The lowest BCUT2D eigenvalue weighted by Crippen LogP contribution is -2.48. The summed E-state index contributed by atoms with van der Waals surface area (Å²) in [6, 6.07) is 0. The van der Waals surface area contributed by atoms with E-state index in [0.29, 0.717) is 6.54 Å². The fourth-order valence-electron chi connectivity index (χ4n) is 1.55. The molecule has 0 radical (unpaired) electrons. The maximum Gasteiger partial charge on any atom is 0.157 e. The van der Waals surface area contributed by atoms with Crippen LogP contribution < -0.4 is 5.32 Å². The molecule has 0 saturated carbocycles. The van der Waals surface area contributed by atoms with Crippen LogP contribution in [0.5, 0.6) is 0 Å². The molecule has 1 aliphatic rings. The molecule has 1 atom stereocenters. The van der Waals surface area contributed by atoms with E-state index in [1.165, 1.54) is 6.42 Å². The molecule has 0 bridgehead atoms. The first-order chi connectivity index (χ1) is 7.72. The fraction of sp³-hybridized carbons (Fsp3) is 0.636. The molecule has 2 rings (SSSR count). The maximum atomic E-state index is 4.58. The molecule has 1 N–H and O–H groups in total. The molecule has 1 aliphatic heterocycles. The van der Waals surface area contributed by atoms with Crippen LogP contribution in [-0.4, -0.2) is 21.4 Å². The molecule has 5 heteroatoms. The van der Waals surface area contributed by atoms with E-state index < -0.39 is 0 Å². The smallest absolute Gasteiger partial charge is 0.157 e. The predicted molar refractivity (Wildman–Crippen MR) is 72.2 cm³/mol. The summed E-state index contributed by atoms with van der Waals surface area (Å²) in [6.45, 7) is 5.19. The van der Waals surface area contributed by atoms with Crippen LogP contribution in [0.25, 0.3) is 0 Å². The standard InChI is InChI=1S/C11H17N3S2/c1-3-11(2)4-5-16-10(14-11)12-6-9-7-15-8-13-9/h7-8H,3-6H2,1-2H3,(H,12,14). The van der Waals surface area contributed by atoms with E-state index in [9.17, 15) is 0 Å². The number of aromatic nitrogens is 1. The van der Waals surface area contributed by atoms with Gasteiger partial charge in [-0.3, -0.25) is 4.99 Å². The Morgan fingerprint density at radius 2 is 2.50 bits per heavy atom. The fourth-order valence-corrected chi connectivity index (χ4v) is 3.32. The first kappa shape index (κ1) is 11.9. The van der Waals surface area contributed by atoms with Gasteiger partial charge in [-0.1, -0.05) is 18.7 Å². The quantitative estimate of drug-likeness (QED) is 0.902. The highest BCUT2D eigenvalue weighted by Crippen LogP contribution is 2.25. The van der Waals surface area contributed by atoms with Gasteiger partial charge in [0.15, 0.2) is 5.17 Å². The van der Waals surface area contributed by atoms with Gasteiger partial charge in [0, 0.05) is 16.7 Å². The van der Waals surface area contributed by atoms with Crippen molar-refractivity contribution < 1.29 is 0 Å². The number of thiazole rings is 1. The van der Waals surface area contributed by atoms with Crippen molar-refractivity contribution in [3.8, 4) is 0 Å². The minimum atomic E-state index is 0.228. The highest BCUT2D eigenvalue weighted by Gasteiger charge is 2.27. The Morgan fingerprint density at radius 1 is 1.62 bits per heavy atom. The predicted octanol–water partition coefficient (Wildman–Crippen LogP) is 2.89. The molecule has 0 amide bonds. The van der Waals surface area contributed by atoms with Gasteiger partial charge in [-0.2, -0.15) is 0 Å². The van der Waals surface area contributed by atoms with E-state index in [1.54, 1.807) is 11.3 Å². The second kappa shape index (κ2) is 5.19. The van der Waals surface area contributed by atoms with Crippen molar-refractivity contribution in [1.29, 1.82) is 0 Å². The molecule has 1 fully saturated rings. The Hall–Kier alpha value is -0.550. The maximum absolute atomic E-state index is 4.58. The molecule has 0 aromatic carbocycles. The highest BCUT2D eigenvalue weighted by molar-refractivity contribution is 8.13. The zero-order valence-electron chi connectivity index (χ0n) is 9.69. The zero-order valence-corrected chi connectivity index (χ0v) is 11.3. The number of thioether (sulfide) groups is 1. The van der Waals surface area contributed by atoms with Gasteiger partial charge >= 0.3 is 0 Å². The summed E-state index contributed by atoms with van der Waals surface area (Å²) < 4.78 is 0. The molecule has 1 saturated heterocycles. The Balaban J connectivity index is 1.96. The number of rotatable bonds is 3. The summed E-state index contributed by atoms with van der Waals surface area (Å²) >= 11 is 3.44. The molecule has 2 heterocycles. The van der Waals surface area contributed by atoms with E-state index in [0.717, 1.165) is 23.0 Å². The average Bonchev–Trinajstić information content (AvgIpc) is 2.80. The van der Waals surface area contributed by atoms with Crippen LogP contribution in [0.3, 0.4) is 0 Å². The third-order valence-corrected chi connectivity index (χ3v) is 4.50. The molecule has 1 aromatic rings. The molecule has 1 unspecified atom stereocenters. The Labute approximate surface area is 105 Å². The monoisotopic (exact) mass is 255 g/mol. The van der Waals surface area contributed by atoms with E-state index in [4.69, 9.17) is 0 Å². The van der Waals surface area contributed by atoms with Crippen LogP contribution in [0.1, 0.15) is 32.4 Å². The van der Waals surface area contributed by atoms with Crippen molar-refractivity contribution in [2.45, 2.75) is 38.8 Å². The summed E-state index contributed by atoms with van der Waals surface area (Å²) in [6.07, 6.45) is 2.35. The van der Waals surface area contributed by atoms with Gasteiger partial charge in [-0.05, 0) is 19.8 Å². The molecule has 0 spiro atoms. The molecule has 16 heavy (non-hydrogen) atoms.